The van der Waals surface area contributed by atoms with Crippen molar-refractivity contribution in [3.63, 3.8) is 0 Å². The molecule has 1 aliphatic rings. The van der Waals surface area contributed by atoms with Gasteiger partial charge in [0.25, 0.3) is 0 Å². The molecule has 0 aromatic heterocycles. The van der Waals surface area contributed by atoms with Gasteiger partial charge in [-0.3, -0.25) is 0 Å². The summed E-state index contributed by atoms with van der Waals surface area (Å²) in [5.41, 5.74) is 2.25. The van der Waals surface area contributed by atoms with E-state index in [4.69, 9.17) is 4.99 Å². The zero-order valence-electron chi connectivity index (χ0n) is 10.4. The van der Waals surface area contributed by atoms with E-state index in [9.17, 15) is 0 Å². The molecule has 1 aliphatic heterocycles. The highest BCUT2D eigenvalue weighted by atomic mass is 32.2. The third kappa shape index (κ3) is 2.56. The molecular weight excluding hydrogens is 252 g/mol. The number of aliphatic imine (C=N–C) groups is 1. The molecule has 2 aromatic rings. The lowest BCUT2D eigenvalue weighted by Gasteiger charge is -2.24. The summed E-state index contributed by atoms with van der Waals surface area (Å²) in [7, 11) is 0. The average molecular weight is 266 g/mol. The molecule has 0 bridgehead atoms. The summed E-state index contributed by atoms with van der Waals surface area (Å²) in [6.07, 6.45) is 3.86. The van der Waals surface area contributed by atoms with Crippen LogP contribution in [0.15, 0.2) is 77.3 Å². The van der Waals surface area contributed by atoms with Crippen LogP contribution in [0, 0.1) is 0 Å². The zero-order valence-corrected chi connectivity index (χ0v) is 11.2. The van der Waals surface area contributed by atoms with E-state index in [2.05, 4.69) is 29.6 Å². The molecule has 1 unspecified atom stereocenters. The first-order chi connectivity index (χ1) is 9.39. The number of nitrogens with zero attached hydrogens (tertiary/aromatic N) is 1. The number of hydrogen-bond donors (Lipinski definition) is 1. The summed E-state index contributed by atoms with van der Waals surface area (Å²) < 4.78 is 0. The van der Waals surface area contributed by atoms with Crippen LogP contribution in [0.4, 0.5) is 0 Å². The quantitative estimate of drug-likeness (QED) is 0.856. The van der Waals surface area contributed by atoms with Gasteiger partial charge in [0.05, 0.1) is 0 Å². The van der Waals surface area contributed by atoms with Crippen molar-refractivity contribution in [2.45, 2.75) is 4.99 Å². The molecule has 0 radical (unpaired) electrons. The predicted octanol–water partition coefficient (Wildman–Crippen LogP) is 3.72. The molecule has 3 heteroatoms. The van der Waals surface area contributed by atoms with Gasteiger partial charge in [-0.15, -0.1) is 0 Å². The molecule has 0 fully saturated rings. The van der Waals surface area contributed by atoms with Gasteiger partial charge in [-0.1, -0.05) is 72.4 Å². The number of thioether (sulfide) groups is 1. The first kappa shape index (κ1) is 12.1. The van der Waals surface area contributed by atoms with E-state index in [0.29, 0.717) is 0 Å². The minimum Gasteiger partial charge on any atom is -0.354 e. The largest absolute Gasteiger partial charge is 0.354 e. The second kappa shape index (κ2) is 5.33. The Morgan fingerprint density at radius 2 is 1.63 bits per heavy atom. The fourth-order valence-electron chi connectivity index (χ4n) is 1.98. The number of nitrogens with one attached hydrogen (secondary N) is 1. The molecule has 1 N–H and O–H groups in total. The molecule has 0 aliphatic carbocycles. The summed E-state index contributed by atoms with van der Waals surface area (Å²) in [6, 6.07) is 20.4. The molecule has 0 saturated carbocycles. The van der Waals surface area contributed by atoms with E-state index in [1.807, 2.05) is 54.2 Å². The standard InChI is InChI=1S/C16H14N2S/c1-3-7-14(8-4-1)13-18-16(17-11-12-19-16)15-9-5-2-6-10-15/h1-13,17H. The van der Waals surface area contributed by atoms with Crippen molar-refractivity contribution in [3.05, 3.63) is 83.4 Å². The second-order valence-electron chi connectivity index (χ2n) is 4.24. The van der Waals surface area contributed by atoms with Crippen LogP contribution in [0.1, 0.15) is 11.1 Å². The number of hydrogen-bond acceptors (Lipinski definition) is 3. The van der Waals surface area contributed by atoms with E-state index in [-0.39, 0.29) is 0 Å². The van der Waals surface area contributed by atoms with Crippen LogP contribution in [0.25, 0.3) is 0 Å². The van der Waals surface area contributed by atoms with Crippen molar-refractivity contribution in [2.75, 3.05) is 0 Å². The predicted molar refractivity (Wildman–Crippen MR) is 82.0 cm³/mol. The Kier molecular flexibility index (Phi) is 3.38. The molecule has 94 valence electrons. The fourth-order valence-corrected chi connectivity index (χ4v) is 2.83. The van der Waals surface area contributed by atoms with E-state index >= 15 is 0 Å². The van der Waals surface area contributed by atoms with Gasteiger partial charge in [0.1, 0.15) is 0 Å². The Morgan fingerprint density at radius 1 is 0.947 bits per heavy atom. The van der Waals surface area contributed by atoms with Gasteiger partial charge in [-0.05, 0) is 11.0 Å². The topological polar surface area (TPSA) is 24.4 Å². The lowest BCUT2D eigenvalue weighted by Crippen LogP contribution is -2.30. The Morgan fingerprint density at radius 3 is 2.26 bits per heavy atom. The maximum Gasteiger partial charge on any atom is 0.207 e. The maximum atomic E-state index is 4.76. The van der Waals surface area contributed by atoms with Gasteiger partial charge in [0.15, 0.2) is 0 Å². The SMILES string of the molecule is C1=CSC(N=Cc2ccccc2)(c2ccccc2)N1. The summed E-state index contributed by atoms with van der Waals surface area (Å²) in [4.78, 5) is 4.33. The van der Waals surface area contributed by atoms with Crippen molar-refractivity contribution in [3.8, 4) is 0 Å². The lowest BCUT2D eigenvalue weighted by molar-refractivity contribution is 0.605. The Labute approximate surface area is 117 Å². The van der Waals surface area contributed by atoms with Crippen molar-refractivity contribution >= 4 is 18.0 Å². The highest BCUT2D eigenvalue weighted by Crippen LogP contribution is 2.39. The third-order valence-corrected chi connectivity index (χ3v) is 4.02. The molecule has 2 nitrogen and oxygen atoms in total. The van der Waals surface area contributed by atoms with Crippen LogP contribution >= 0.6 is 11.8 Å². The van der Waals surface area contributed by atoms with E-state index in [0.717, 1.165) is 11.1 Å². The molecule has 0 spiro atoms. The Hall–Kier alpha value is -2.00. The average Bonchev–Trinajstić information content (AvgIpc) is 2.97. The smallest absolute Gasteiger partial charge is 0.207 e. The minimum absolute atomic E-state index is 0.433. The van der Waals surface area contributed by atoms with Gasteiger partial charge < -0.3 is 5.32 Å². The van der Waals surface area contributed by atoms with Crippen LogP contribution in [0.2, 0.25) is 0 Å². The van der Waals surface area contributed by atoms with E-state index < -0.39 is 4.99 Å². The third-order valence-electron chi connectivity index (χ3n) is 2.95. The van der Waals surface area contributed by atoms with Crippen LogP contribution in [0.5, 0.6) is 0 Å². The summed E-state index contributed by atoms with van der Waals surface area (Å²) >= 11 is 1.67. The molecule has 0 saturated heterocycles. The molecule has 19 heavy (non-hydrogen) atoms. The summed E-state index contributed by atoms with van der Waals surface area (Å²) in [5.74, 6) is 0. The second-order valence-corrected chi connectivity index (χ2v) is 5.34. The molecule has 0 amide bonds. The summed E-state index contributed by atoms with van der Waals surface area (Å²) in [6.45, 7) is 0. The van der Waals surface area contributed by atoms with Gasteiger partial charge in [-0.2, -0.15) is 0 Å². The molecule has 2 aromatic carbocycles. The molecule has 1 atom stereocenters. The fraction of sp³-hybridized carbons (Fsp3) is 0.0625. The first-order valence-electron chi connectivity index (χ1n) is 6.15. The lowest BCUT2D eigenvalue weighted by atomic mass is 10.1. The first-order valence-corrected chi connectivity index (χ1v) is 7.03. The zero-order chi connectivity index (χ0) is 13.0. The van der Waals surface area contributed by atoms with Crippen LogP contribution < -0.4 is 5.32 Å². The van der Waals surface area contributed by atoms with Crippen molar-refractivity contribution in [1.82, 2.24) is 5.32 Å². The van der Waals surface area contributed by atoms with Crippen LogP contribution in [-0.2, 0) is 4.99 Å². The Bertz CT molecular complexity index is 583. The van der Waals surface area contributed by atoms with Gasteiger partial charge >= 0.3 is 0 Å². The van der Waals surface area contributed by atoms with Crippen molar-refractivity contribution in [2.24, 2.45) is 4.99 Å². The van der Waals surface area contributed by atoms with Gasteiger partial charge in [-0.25, -0.2) is 4.99 Å². The number of benzene rings is 2. The van der Waals surface area contributed by atoms with Gasteiger partial charge in [0, 0.05) is 18.0 Å². The van der Waals surface area contributed by atoms with Crippen molar-refractivity contribution < 1.29 is 0 Å². The molecule has 3 rings (SSSR count). The highest BCUT2D eigenvalue weighted by molar-refractivity contribution is 8.03. The molecular formula is C16H14N2S. The van der Waals surface area contributed by atoms with E-state index in [1.54, 1.807) is 11.8 Å². The van der Waals surface area contributed by atoms with Crippen LogP contribution in [0.3, 0.4) is 0 Å². The number of rotatable bonds is 3. The Balaban J connectivity index is 1.92. The van der Waals surface area contributed by atoms with E-state index in [1.165, 1.54) is 0 Å². The minimum atomic E-state index is -0.433. The summed E-state index contributed by atoms with van der Waals surface area (Å²) in [5, 5.41) is 5.38. The van der Waals surface area contributed by atoms with Crippen LogP contribution in [-0.4, -0.2) is 6.21 Å². The van der Waals surface area contributed by atoms with Gasteiger partial charge in [0.2, 0.25) is 4.99 Å². The molecule has 1 heterocycles. The normalized spacial score (nSPS) is 21.7. The monoisotopic (exact) mass is 266 g/mol. The maximum absolute atomic E-state index is 4.76. The highest BCUT2D eigenvalue weighted by Gasteiger charge is 2.32. The van der Waals surface area contributed by atoms with Crippen molar-refractivity contribution in [1.29, 1.82) is 0 Å².